The minimum atomic E-state index is -1.70. The molecule has 4 N–H and O–H groups in total. The third-order valence-electron chi connectivity index (χ3n) is 14.7. The van der Waals surface area contributed by atoms with Crippen LogP contribution in [-0.4, -0.2) is 113 Å². The first kappa shape index (κ1) is 47.0. The van der Waals surface area contributed by atoms with Crippen LogP contribution in [0.15, 0.2) is 51.6 Å². The molecule has 3 aliphatic carbocycles. The van der Waals surface area contributed by atoms with Crippen molar-refractivity contribution < 1.29 is 43.2 Å². The third-order valence-corrected chi connectivity index (χ3v) is 14.7. The number of aliphatic hydroxyl groups is 1. The first-order chi connectivity index (χ1) is 31.2. The number of hydrogen-bond acceptors (Lipinski definition) is 13. The molecular formula is C51H64N6O9. The fourth-order valence-electron chi connectivity index (χ4n) is 11.4. The second-order valence-electron chi connectivity index (χ2n) is 20.3. The van der Waals surface area contributed by atoms with Crippen molar-refractivity contribution in [3.8, 4) is 23.3 Å². The average molecular weight is 905 g/mol. The van der Waals surface area contributed by atoms with Crippen LogP contribution in [0.25, 0.3) is 11.8 Å². The standard InChI is InChI=1S/C51H64N6O9/c1-28(2)11-10-16-49(8)17-15-32-42(64-49)31(13-12-29(3)4)44-39(43(32)63-37(60)26-36(59)57-22-20-56(9)21-23-57)41-40-38(34(27-52)46(53)55-41)33-25-35-48(6,7)66-50(45(33)61,51(35,40)65-44)18-14-30(5)47(62)54-19-24-58/h11-12,14-15,17,33-35,38,58H,10,13,16,18-26H2,1-9H3,(H2,53,55)(H,54,62). The number of allylic oxidation sites excluding steroid dienone is 4. The minimum absolute atomic E-state index is 0.0206. The zero-order valence-electron chi connectivity index (χ0n) is 39.8. The topological polar surface area (TPSA) is 206 Å². The molecule has 9 rings (SSSR count). The number of fused-ring (bicyclic) bond motifs is 3. The van der Waals surface area contributed by atoms with E-state index in [1.807, 2.05) is 53.8 Å². The number of rotatable bonds is 13. The van der Waals surface area contributed by atoms with Gasteiger partial charge in [-0.15, -0.1) is 0 Å². The number of benzene rings is 1. The summed E-state index contributed by atoms with van der Waals surface area (Å²) in [5.41, 5.74) is 6.62. The van der Waals surface area contributed by atoms with E-state index in [4.69, 9.17) is 29.7 Å². The van der Waals surface area contributed by atoms with Gasteiger partial charge in [0.1, 0.15) is 35.3 Å². The van der Waals surface area contributed by atoms with Gasteiger partial charge >= 0.3 is 5.97 Å². The molecule has 7 atom stereocenters. The summed E-state index contributed by atoms with van der Waals surface area (Å²) in [6.07, 6.45) is 11.2. The van der Waals surface area contributed by atoms with Crippen molar-refractivity contribution in [2.75, 3.05) is 46.4 Å². The van der Waals surface area contributed by atoms with Crippen molar-refractivity contribution in [3.63, 3.8) is 0 Å². The van der Waals surface area contributed by atoms with Crippen LogP contribution in [-0.2, 0) is 30.3 Å². The molecule has 1 aromatic rings. The molecule has 1 aromatic carbocycles. The second-order valence-corrected chi connectivity index (χ2v) is 20.3. The van der Waals surface area contributed by atoms with Gasteiger partial charge in [0.25, 0.3) is 0 Å². The van der Waals surface area contributed by atoms with Gasteiger partial charge in [-0.3, -0.25) is 19.2 Å². The highest BCUT2D eigenvalue weighted by molar-refractivity contribution is 6.06. The first-order valence-corrected chi connectivity index (χ1v) is 23.2. The molecule has 4 bridgehead atoms. The molecule has 352 valence electrons. The molecule has 5 aliphatic heterocycles. The maximum atomic E-state index is 15.5. The summed E-state index contributed by atoms with van der Waals surface area (Å²) >= 11 is 0. The predicted octanol–water partition coefficient (Wildman–Crippen LogP) is 5.36. The number of ether oxygens (including phenoxy) is 4. The highest BCUT2D eigenvalue weighted by atomic mass is 16.6. The molecule has 5 fully saturated rings. The Morgan fingerprint density at radius 1 is 1.05 bits per heavy atom. The molecule has 3 saturated carbocycles. The van der Waals surface area contributed by atoms with E-state index in [0.29, 0.717) is 84.7 Å². The molecule has 2 saturated heterocycles. The quantitative estimate of drug-likeness (QED) is 0.0753. The summed E-state index contributed by atoms with van der Waals surface area (Å²) in [4.78, 5) is 65.6. The van der Waals surface area contributed by atoms with Crippen LogP contribution in [0.4, 0.5) is 0 Å². The third kappa shape index (κ3) is 7.58. The number of nitriles is 1. The Bertz CT molecular complexity index is 2490. The molecule has 7 unspecified atom stereocenters. The van der Waals surface area contributed by atoms with Gasteiger partial charge in [-0.1, -0.05) is 29.4 Å². The van der Waals surface area contributed by atoms with E-state index in [-0.39, 0.29) is 48.6 Å². The zero-order chi connectivity index (χ0) is 47.7. The summed E-state index contributed by atoms with van der Waals surface area (Å²) < 4.78 is 28.5. The molecule has 0 radical (unpaired) electrons. The summed E-state index contributed by atoms with van der Waals surface area (Å²) in [5.74, 6) is -3.91. The Labute approximate surface area is 387 Å². The zero-order valence-corrected chi connectivity index (χ0v) is 39.8. The van der Waals surface area contributed by atoms with E-state index < -0.39 is 64.4 Å². The minimum Gasteiger partial charge on any atom is -0.482 e. The maximum Gasteiger partial charge on any atom is 0.320 e. The van der Waals surface area contributed by atoms with E-state index in [0.717, 1.165) is 12.0 Å². The number of amidine groups is 1. The van der Waals surface area contributed by atoms with E-state index in [1.165, 1.54) is 5.57 Å². The van der Waals surface area contributed by atoms with Gasteiger partial charge in [-0.05, 0) is 100 Å². The van der Waals surface area contributed by atoms with Crippen LogP contribution in [0.1, 0.15) is 104 Å². The van der Waals surface area contributed by atoms with Gasteiger partial charge in [0, 0.05) is 73.6 Å². The fraction of sp³-hybridized carbons (Fsp3) is 0.569. The maximum absolute atomic E-state index is 15.5. The van der Waals surface area contributed by atoms with E-state index in [9.17, 15) is 24.8 Å². The number of hydrogen-bond donors (Lipinski definition) is 3. The summed E-state index contributed by atoms with van der Waals surface area (Å²) in [7, 11) is 1.99. The Morgan fingerprint density at radius 3 is 2.42 bits per heavy atom. The average Bonchev–Trinajstić information content (AvgIpc) is 3.40. The molecule has 5 heterocycles. The van der Waals surface area contributed by atoms with Crippen molar-refractivity contribution in [3.05, 3.63) is 63.3 Å². The lowest BCUT2D eigenvalue weighted by Crippen LogP contribution is -2.75. The number of ketones is 1. The molecular weight excluding hydrogens is 841 g/mol. The number of carbonyl (C=O) groups is 4. The number of aliphatic imine (C=N–C) groups is 1. The van der Waals surface area contributed by atoms with Gasteiger partial charge in [0.15, 0.2) is 22.7 Å². The van der Waals surface area contributed by atoms with Crippen molar-refractivity contribution in [2.24, 2.45) is 34.4 Å². The number of amides is 2. The normalized spacial score (nSPS) is 29.9. The molecule has 0 aromatic heterocycles. The number of nitrogens with two attached hydrogens (primary N) is 1. The monoisotopic (exact) mass is 904 g/mol. The lowest BCUT2D eigenvalue weighted by molar-refractivity contribution is -0.182. The van der Waals surface area contributed by atoms with Crippen molar-refractivity contribution in [1.82, 2.24) is 15.1 Å². The van der Waals surface area contributed by atoms with E-state index in [2.05, 4.69) is 42.3 Å². The largest absolute Gasteiger partial charge is 0.482 e. The number of aliphatic hydroxyl groups excluding tert-OH is 1. The summed E-state index contributed by atoms with van der Waals surface area (Å²) in [6, 6.07) is 2.37. The van der Waals surface area contributed by atoms with Crippen molar-refractivity contribution in [2.45, 2.75) is 116 Å². The van der Waals surface area contributed by atoms with Crippen LogP contribution in [0.2, 0.25) is 0 Å². The Hall–Kier alpha value is -5.56. The smallest absolute Gasteiger partial charge is 0.320 e. The van der Waals surface area contributed by atoms with Crippen LogP contribution < -0.4 is 25.3 Å². The predicted molar refractivity (Wildman–Crippen MR) is 248 cm³/mol. The number of nitrogens with one attached hydrogen (secondary N) is 1. The first-order valence-electron chi connectivity index (χ1n) is 23.2. The van der Waals surface area contributed by atoms with Crippen molar-refractivity contribution in [1.29, 1.82) is 5.26 Å². The van der Waals surface area contributed by atoms with Crippen LogP contribution in [0.5, 0.6) is 17.2 Å². The molecule has 15 nitrogen and oxygen atoms in total. The summed E-state index contributed by atoms with van der Waals surface area (Å²) in [5, 5.41) is 22.9. The number of Topliss-reactive ketones (excluding diaryl/α,β-unsaturated/α-hetero) is 1. The number of carbonyl (C=O) groups excluding carboxylic acids is 4. The van der Waals surface area contributed by atoms with Gasteiger partial charge in [-0.2, -0.15) is 5.26 Å². The van der Waals surface area contributed by atoms with Gasteiger partial charge in [0.05, 0.1) is 35.1 Å². The van der Waals surface area contributed by atoms with Gasteiger partial charge in [0.2, 0.25) is 11.8 Å². The van der Waals surface area contributed by atoms with Crippen molar-refractivity contribution >= 4 is 41.2 Å². The molecule has 1 spiro atoms. The second kappa shape index (κ2) is 17.3. The fourth-order valence-corrected chi connectivity index (χ4v) is 11.4. The highest BCUT2D eigenvalue weighted by Crippen LogP contribution is 2.74. The van der Waals surface area contributed by atoms with Crippen LogP contribution >= 0.6 is 0 Å². The molecule has 66 heavy (non-hydrogen) atoms. The number of esters is 1. The Kier molecular flexibility index (Phi) is 12.3. The number of likely N-dealkylation sites (N-methyl/N-ethyl adjacent to an activating group) is 1. The molecule has 2 amide bonds. The van der Waals surface area contributed by atoms with Crippen LogP contribution in [0.3, 0.4) is 0 Å². The Balaban J connectivity index is 1.39. The lowest BCUT2D eigenvalue weighted by Gasteiger charge is -2.62. The van der Waals surface area contributed by atoms with Gasteiger partial charge in [-0.25, -0.2) is 4.99 Å². The number of piperazine rings is 1. The Morgan fingerprint density at radius 2 is 1.76 bits per heavy atom. The molecule has 15 heteroatoms. The SMILES string of the molecule is CC(C)=CCCC1(C)C=Cc2c(c(CC=C(C)C)c3c(c2OC(=O)CC(=O)N2CCN(C)CC2)C2=C4C(C(C#N)C(N)=N2)C2CC5C(C)(C)OC(CC=C(C)C(=O)NCCO)(C2=O)C45O3)O1. The lowest BCUT2D eigenvalue weighted by atomic mass is 9.44. The highest BCUT2D eigenvalue weighted by Gasteiger charge is 2.84. The number of nitrogens with zero attached hydrogens (tertiary/aromatic N) is 4. The van der Waals surface area contributed by atoms with E-state index >= 15 is 4.79 Å². The summed E-state index contributed by atoms with van der Waals surface area (Å²) in [6.45, 7) is 17.8. The molecule has 8 aliphatic rings. The van der Waals surface area contributed by atoms with E-state index in [1.54, 1.807) is 17.9 Å². The van der Waals surface area contributed by atoms with Gasteiger partial charge < -0.3 is 44.9 Å². The van der Waals surface area contributed by atoms with Crippen LogP contribution in [0, 0.1) is 35.0 Å².